The van der Waals surface area contributed by atoms with Crippen LogP contribution in [0.25, 0.3) is 0 Å². The van der Waals surface area contributed by atoms with Crippen molar-refractivity contribution in [1.82, 2.24) is 0 Å². The zero-order chi connectivity index (χ0) is 14.5. The van der Waals surface area contributed by atoms with E-state index in [-0.39, 0.29) is 16.7 Å². The monoisotopic (exact) mass is 272 g/mol. The van der Waals surface area contributed by atoms with E-state index in [0.29, 0.717) is 5.82 Å². The molecule has 0 aliphatic rings. The van der Waals surface area contributed by atoms with Gasteiger partial charge < -0.3 is 0 Å². The predicted molar refractivity (Wildman–Crippen MR) is 77.5 cm³/mol. The van der Waals surface area contributed by atoms with Crippen molar-refractivity contribution in [2.75, 3.05) is 5.32 Å². The summed E-state index contributed by atoms with van der Waals surface area (Å²) in [6, 6.07) is 11.3. The zero-order valence-corrected chi connectivity index (χ0v) is 11.6. The summed E-state index contributed by atoms with van der Waals surface area (Å²) in [5, 5.41) is 14.2. The number of aromatic nitrogens is 1. The summed E-state index contributed by atoms with van der Waals surface area (Å²) in [7, 11) is 0. The highest BCUT2D eigenvalue weighted by Gasteiger charge is 2.23. The highest BCUT2D eigenvalue weighted by molar-refractivity contribution is 5.52. The van der Waals surface area contributed by atoms with Crippen molar-refractivity contribution < 1.29 is 9.91 Å². The lowest BCUT2D eigenvalue weighted by Gasteiger charge is -2.12. The number of benzene rings is 1. The molecule has 0 amide bonds. The number of nitro groups is 1. The lowest BCUT2D eigenvalue weighted by atomic mass is 10.0. The first-order valence-corrected chi connectivity index (χ1v) is 6.60. The minimum atomic E-state index is -0.388. The number of anilines is 1. The van der Waals surface area contributed by atoms with E-state index in [1.165, 1.54) is 11.6 Å². The molecule has 0 aliphatic heterocycles. The third-order valence-electron chi connectivity index (χ3n) is 3.24. The summed E-state index contributed by atoms with van der Waals surface area (Å²) in [4.78, 5) is 13.5. The van der Waals surface area contributed by atoms with E-state index in [0.717, 1.165) is 12.0 Å². The molecule has 5 nitrogen and oxygen atoms in total. The third-order valence-corrected chi connectivity index (χ3v) is 3.24. The molecule has 20 heavy (non-hydrogen) atoms. The van der Waals surface area contributed by atoms with Gasteiger partial charge in [-0.25, -0.2) is 4.98 Å². The Balaban J connectivity index is 2.27. The fourth-order valence-corrected chi connectivity index (χ4v) is 2.09. The minimum Gasteiger partial charge on any atom is -0.262 e. The highest BCUT2D eigenvalue weighted by Crippen LogP contribution is 2.25. The van der Waals surface area contributed by atoms with Gasteiger partial charge in [0, 0.05) is 6.07 Å². The molecule has 0 aliphatic carbocycles. The Morgan fingerprint density at radius 2 is 2.00 bits per heavy atom. The second kappa shape index (κ2) is 6.14. The molecule has 0 radical (unpaired) electrons. The van der Waals surface area contributed by atoms with Crippen LogP contribution in [-0.2, 0) is 0 Å². The molecule has 0 bridgehead atoms. The Labute approximate surface area is 117 Å². The molecule has 1 heterocycles. The molecule has 5 heteroatoms. The van der Waals surface area contributed by atoms with Gasteiger partial charge in [0.2, 0.25) is 0 Å². The van der Waals surface area contributed by atoms with Crippen molar-refractivity contribution >= 4 is 11.5 Å². The van der Waals surface area contributed by atoms with Gasteiger partial charge in [-0.3, -0.25) is 15.4 Å². The van der Waals surface area contributed by atoms with E-state index >= 15 is 0 Å². The molecule has 0 saturated carbocycles. The number of nitrogens with zero attached hydrogens (tertiary/aromatic N) is 1. The Morgan fingerprint density at radius 3 is 2.60 bits per heavy atom. The fraction of sp³-hybridized carbons (Fsp3) is 0.267. The van der Waals surface area contributed by atoms with Crippen molar-refractivity contribution in [1.29, 1.82) is 0 Å². The van der Waals surface area contributed by atoms with Gasteiger partial charge in [0.1, 0.15) is 6.04 Å². The van der Waals surface area contributed by atoms with Gasteiger partial charge in [-0.1, -0.05) is 36.8 Å². The van der Waals surface area contributed by atoms with Crippen LogP contribution in [0.3, 0.4) is 0 Å². The first-order chi connectivity index (χ1) is 9.61. The summed E-state index contributed by atoms with van der Waals surface area (Å²) >= 11 is 0. The number of rotatable bonds is 5. The second-order valence-electron chi connectivity index (χ2n) is 4.70. The van der Waals surface area contributed by atoms with Crippen LogP contribution in [0.4, 0.5) is 11.5 Å². The summed E-state index contributed by atoms with van der Waals surface area (Å²) < 4.78 is 0. The number of aromatic amines is 1. The van der Waals surface area contributed by atoms with Crippen molar-refractivity contribution in [3.8, 4) is 0 Å². The largest absolute Gasteiger partial charge is 0.357 e. The van der Waals surface area contributed by atoms with Crippen LogP contribution < -0.4 is 10.3 Å². The van der Waals surface area contributed by atoms with Crippen LogP contribution in [0.5, 0.6) is 0 Å². The van der Waals surface area contributed by atoms with Gasteiger partial charge in [0.15, 0.2) is 0 Å². The molecule has 2 aromatic rings. The molecule has 2 rings (SSSR count). The van der Waals surface area contributed by atoms with Gasteiger partial charge in [-0.15, -0.1) is 0 Å². The minimum absolute atomic E-state index is 0.0351. The van der Waals surface area contributed by atoms with Gasteiger partial charge in [-0.2, -0.15) is 0 Å². The van der Waals surface area contributed by atoms with Gasteiger partial charge in [0.05, 0.1) is 11.1 Å². The number of pyridine rings is 1. The van der Waals surface area contributed by atoms with E-state index in [2.05, 4.69) is 10.3 Å². The average Bonchev–Trinajstić information content (AvgIpc) is 2.46. The van der Waals surface area contributed by atoms with Gasteiger partial charge >= 0.3 is 11.5 Å². The Hall–Kier alpha value is -2.43. The normalized spacial score (nSPS) is 11.9. The van der Waals surface area contributed by atoms with Gasteiger partial charge in [-0.05, 0) is 25.0 Å². The molecule has 0 unspecified atom stereocenters. The third kappa shape index (κ3) is 3.12. The summed E-state index contributed by atoms with van der Waals surface area (Å²) in [5.74, 6) is 0.435. The topological polar surface area (TPSA) is 69.3 Å². The molecule has 1 atom stereocenters. The zero-order valence-electron chi connectivity index (χ0n) is 11.6. The van der Waals surface area contributed by atoms with Crippen molar-refractivity contribution in [2.24, 2.45) is 0 Å². The quantitative estimate of drug-likeness (QED) is 0.670. The van der Waals surface area contributed by atoms with Crippen molar-refractivity contribution in [2.45, 2.75) is 26.3 Å². The van der Waals surface area contributed by atoms with Crippen LogP contribution in [0.2, 0.25) is 0 Å². The molecule has 104 valence electrons. The van der Waals surface area contributed by atoms with Gasteiger partial charge in [0.25, 0.3) is 0 Å². The summed E-state index contributed by atoms with van der Waals surface area (Å²) in [6.07, 6.45) is 2.51. The molecule has 0 saturated heterocycles. The number of nitrogens with one attached hydrogen (secondary N) is 2. The molecule has 1 aromatic heterocycles. The Bertz CT molecular complexity index is 596. The fourth-order valence-electron chi connectivity index (χ4n) is 2.09. The smallest absolute Gasteiger partial charge is 0.262 e. The molecule has 0 spiro atoms. The summed E-state index contributed by atoms with van der Waals surface area (Å²) in [5.41, 5.74) is 2.36. The standard InChI is InChI=1S/C15H17N3O2/c1-3-13(12-8-6-11(2)7-9-12)17-15-14(18(19)20)5-4-10-16-15/h4-10,13H,3H2,1-2H3,(H,16,17)/p+1/t13-/m0/s1. The van der Waals surface area contributed by atoms with E-state index in [4.69, 9.17) is 0 Å². The average molecular weight is 272 g/mol. The lowest BCUT2D eigenvalue weighted by molar-refractivity contribution is -0.410. The predicted octanol–water partition coefficient (Wildman–Crippen LogP) is 3.28. The van der Waals surface area contributed by atoms with Crippen LogP contribution in [-0.4, -0.2) is 4.92 Å². The lowest BCUT2D eigenvalue weighted by Crippen LogP contribution is -2.19. The molecule has 2 N–H and O–H groups in total. The second-order valence-corrected chi connectivity index (χ2v) is 4.70. The molecular formula is C15H18N3O2+. The maximum atomic E-state index is 11.0. The van der Waals surface area contributed by atoms with Crippen LogP contribution in [0.1, 0.15) is 30.5 Å². The van der Waals surface area contributed by atoms with Crippen molar-refractivity contribution in [3.05, 3.63) is 63.8 Å². The van der Waals surface area contributed by atoms with Crippen molar-refractivity contribution in [3.63, 3.8) is 0 Å². The molecule has 1 aromatic carbocycles. The number of hydrogen-bond donors (Lipinski definition) is 1. The first-order valence-electron chi connectivity index (χ1n) is 6.60. The summed E-state index contributed by atoms with van der Waals surface area (Å²) in [6.45, 7) is 4.08. The van der Waals surface area contributed by atoms with Crippen LogP contribution in [0.15, 0.2) is 42.6 Å². The number of aryl methyl sites for hydroxylation is 1. The first kappa shape index (κ1) is 14.0. The molecule has 0 fully saturated rings. The Morgan fingerprint density at radius 1 is 1.30 bits per heavy atom. The maximum absolute atomic E-state index is 11.0. The molecular weight excluding hydrogens is 254 g/mol. The van der Waals surface area contributed by atoms with E-state index in [1.54, 1.807) is 12.3 Å². The number of hydrogen-bond acceptors (Lipinski definition) is 3. The van der Waals surface area contributed by atoms with E-state index < -0.39 is 0 Å². The van der Waals surface area contributed by atoms with Crippen LogP contribution in [0, 0.1) is 17.0 Å². The maximum Gasteiger partial charge on any atom is 0.357 e. The highest BCUT2D eigenvalue weighted by atomic mass is 16.6. The van der Waals surface area contributed by atoms with E-state index in [1.807, 2.05) is 38.1 Å². The number of H-pyrrole nitrogens is 1. The van der Waals surface area contributed by atoms with Crippen LogP contribution >= 0.6 is 0 Å². The Kier molecular flexibility index (Phi) is 4.30. The SMILES string of the molecule is CC[C@H](Nc1[nH+]cccc1[N+](=O)[O-])c1ccc(C)cc1. The van der Waals surface area contributed by atoms with E-state index in [9.17, 15) is 10.1 Å².